The summed E-state index contributed by atoms with van der Waals surface area (Å²) in [6.07, 6.45) is 0. The number of hydrogen-bond donors (Lipinski definition) is 1. The van der Waals surface area contributed by atoms with Gasteiger partial charge in [0.1, 0.15) is 5.75 Å². The minimum atomic E-state index is -0.0779. The number of ether oxygens (including phenoxy) is 1. The molecule has 98 valence electrons. The molecule has 0 radical (unpaired) electrons. The van der Waals surface area contributed by atoms with Crippen molar-refractivity contribution in [3.63, 3.8) is 0 Å². The second kappa shape index (κ2) is 6.05. The van der Waals surface area contributed by atoms with E-state index in [0.717, 1.165) is 16.9 Å². The summed E-state index contributed by atoms with van der Waals surface area (Å²) in [5.74, 6) is 0.706. The Morgan fingerprint density at radius 3 is 2.47 bits per heavy atom. The Kier molecular flexibility index (Phi) is 4.18. The molecule has 0 heterocycles. The van der Waals surface area contributed by atoms with Gasteiger partial charge in [0.05, 0.1) is 7.11 Å². The van der Waals surface area contributed by atoms with Gasteiger partial charge in [-0.3, -0.25) is 4.79 Å². The Hall–Kier alpha value is -2.29. The van der Waals surface area contributed by atoms with Crippen molar-refractivity contribution in [1.29, 1.82) is 0 Å². The molecule has 2 aromatic carbocycles. The van der Waals surface area contributed by atoms with E-state index >= 15 is 0 Å². The Labute approximate surface area is 113 Å². The normalized spacial score (nSPS) is 10.0. The number of methoxy groups -OCH3 is 1. The molecule has 0 aliphatic rings. The molecular weight excluding hydrogens is 238 g/mol. The van der Waals surface area contributed by atoms with Crippen LogP contribution in [-0.2, 0) is 6.54 Å². The number of amides is 1. The molecule has 0 spiro atoms. The number of nitrogens with one attached hydrogen (secondary N) is 1. The highest BCUT2D eigenvalue weighted by atomic mass is 16.5. The molecule has 19 heavy (non-hydrogen) atoms. The van der Waals surface area contributed by atoms with Gasteiger partial charge in [0, 0.05) is 17.7 Å². The van der Waals surface area contributed by atoms with E-state index in [1.807, 2.05) is 55.5 Å². The van der Waals surface area contributed by atoms with Gasteiger partial charge in [0.15, 0.2) is 0 Å². The van der Waals surface area contributed by atoms with Crippen molar-refractivity contribution < 1.29 is 9.53 Å². The second-order valence-corrected chi connectivity index (χ2v) is 4.36. The summed E-state index contributed by atoms with van der Waals surface area (Å²) in [6.45, 7) is 2.45. The lowest BCUT2D eigenvalue weighted by Gasteiger charge is -2.09. The minimum absolute atomic E-state index is 0.0779. The number of para-hydroxylation sites is 1. The van der Waals surface area contributed by atoms with Crippen molar-refractivity contribution in [3.8, 4) is 5.75 Å². The molecule has 3 nitrogen and oxygen atoms in total. The van der Waals surface area contributed by atoms with Crippen molar-refractivity contribution in [3.05, 3.63) is 65.2 Å². The van der Waals surface area contributed by atoms with Crippen LogP contribution in [0.15, 0.2) is 48.5 Å². The van der Waals surface area contributed by atoms with Crippen LogP contribution in [0.4, 0.5) is 0 Å². The molecule has 2 aromatic rings. The van der Waals surface area contributed by atoms with E-state index in [1.54, 1.807) is 7.11 Å². The average molecular weight is 255 g/mol. The number of carbonyl (C=O) groups excluding carboxylic acids is 1. The highest BCUT2D eigenvalue weighted by Gasteiger charge is 2.06. The first kappa shape index (κ1) is 13.1. The maximum absolute atomic E-state index is 12.0. The van der Waals surface area contributed by atoms with Crippen LogP contribution < -0.4 is 10.1 Å². The molecule has 0 bridgehead atoms. The molecule has 0 saturated heterocycles. The fraction of sp³-hybridized carbons (Fsp3) is 0.188. The predicted molar refractivity (Wildman–Crippen MR) is 75.3 cm³/mol. The molecular formula is C16H17NO2. The molecule has 1 amide bonds. The largest absolute Gasteiger partial charge is 0.496 e. The fourth-order valence-corrected chi connectivity index (χ4v) is 1.83. The number of rotatable bonds is 4. The first-order valence-electron chi connectivity index (χ1n) is 6.17. The Balaban J connectivity index is 2.02. The lowest BCUT2D eigenvalue weighted by atomic mass is 10.1. The zero-order chi connectivity index (χ0) is 13.7. The summed E-state index contributed by atoms with van der Waals surface area (Å²) in [5.41, 5.74) is 2.77. The van der Waals surface area contributed by atoms with Gasteiger partial charge in [-0.2, -0.15) is 0 Å². The molecule has 0 atom stereocenters. The van der Waals surface area contributed by atoms with Gasteiger partial charge in [0.2, 0.25) is 0 Å². The number of hydrogen-bond acceptors (Lipinski definition) is 2. The van der Waals surface area contributed by atoms with E-state index in [-0.39, 0.29) is 5.91 Å². The van der Waals surface area contributed by atoms with Crippen molar-refractivity contribution in [2.75, 3.05) is 7.11 Å². The Morgan fingerprint density at radius 2 is 1.79 bits per heavy atom. The summed E-state index contributed by atoms with van der Waals surface area (Å²) < 4.78 is 5.25. The maximum atomic E-state index is 12.0. The smallest absolute Gasteiger partial charge is 0.251 e. The quantitative estimate of drug-likeness (QED) is 0.912. The zero-order valence-corrected chi connectivity index (χ0v) is 11.1. The third-order valence-electron chi connectivity index (χ3n) is 2.95. The van der Waals surface area contributed by atoms with Gasteiger partial charge in [0.25, 0.3) is 5.91 Å². The second-order valence-electron chi connectivity index (χ2n) is 4.36. The van der Waals surface area contributed by atoms with Gasteiger partial charge < -0.3 is 10.1 Å². The topological polar surface area (TPSA) is 38.3 Å². The third-order valence-corrected chi connectivity index (χ3v) is 2.95. The molecule has 0 unspecified atom stereocenters. The Bertz CT molecular complexity index is 561. The van der Waals surface area contributed by atoms with E-state index in [4.69, 9.17) is 4.74 Å². The molecule has 0 aromatic heterocycles. The van der Waals surface area contributed by atoms with Crippen LogP contribution >= 0.6 is 0 Å². The van der Waals surface area contributed by atoms with Crippen molar-refractivity contribution in [2.45, 2.75) is 13.5 Å². The van der Waals surface area contributed by atoms with Crippen LogP contribution in [0.2, 0.25) is 0 Å². The van der Waals surface area contributed by atoms with E-state index in [1.165, 1.54) is 0 Å². The van der Waals surface area contributed by atoms with Gasteiger partial charge in [-0.1, -0.05) is 35.9 Å². The van der Waals surface area contributed by atoms with Crippen molar-refractivity contribution >= 4 is 5.91 Å². The van der Waals surface area contributed by atoms with E-state index in [9.17, 15) is 4.79 Å². The standard InChI is InChI=1S/C16H17NO2/c1-12-7-9-13(10-8-12)16(18)17-11-14-5-3-4-6-15(14)19-2/h3-10H,11H2,1-2H3,(H,17,18). The fourth-order valence-electron chi connectivity index (χ4n) is 1.83. The minimum Gasteiger partial charge on any atom is -0.496 e. The van der Waals surface area contributed by atoms with Gasteiger partial charge in [-0.05, 0) is 25.1 Å². The predicted octanol–water partition coefficient (Wildman–Crippen LogP) is 2.93. The molecule has 1 N–H and O–H groups in total. The van der Waals surface area contributed by atoms with Crippen molar-refractivity contribution in [2.24, 2.45) is 0 Å². The van der Waals surface area contributed by atoms with Crippen LogP contribution in [-0.4, -0.2) is 13.0 Å². The number of aryl methyl sites for hydroxylation is 1. The zero-order valence-electron chi connectivity index (χ0n) is 11.1. The van der Waals surface area contributed by atoms with Crippen LogP contribution in [0.5, 0.6) is 5.75 Å². The van der Waals surface area contributed by atoms with Gasteiger partial charge in [-0.25, -0.2) is 0 Å². The summed E-state index contributed by atoms with van der Waals surface area (Å²) in [5, 5.41) is 2.89. The molecule has 0 saturated carbocycles. The monoisotopic (exact) mass is 255 g/mol. The number of carbonyl (C=O) groups is 1. The SMILES string of the molecule is COc1ccccc1CNC(=O)c1ccc(C)cc1. The first-order chi connectivity index (χ1) is 9.20. The lowest BCUT2D eigenvalue weighted by Crippen LogP contribution is -2.22. The maximum Gasteiger partial charge on any atom is 0.251 e. The van der Waals surface area contributed by atoms with Crippen LogP contribution in [0.3, 0.4) is 0 Å². The lowest BCUT2D eigenvalue weighted by molar-refractivity contribution is 0.0950. The van der Waals surface area contributed by atoms with Gasteiger partial charge >= 0.3 is 0 Å². The third kappa shape index (κ3) is 3.35. The number of benzene rings is 2. The van der Waals surface area contributed by atoms with Crippen LogP contribution in [0.1, 0.15) is 21.5 Å². The van der Waals surface area contributed by atoms with Crippen LogP contribution in [0, 0.1) is 6.92 Å². The average Bonchev–Trinajstić information content (AvgIpc) is 2.45. The highest BCUT2D eigenvalue weighted by molar-refractivity contribution is 5.94. The van der Waals surface area contributed by atoms with Crippen molar-refractivity contribution in [1.82, 2.24) is 5.32 Å². The summed E-state index contributed by atoms with van der Waals surface area (Å²) in [7, 11) is 1.63. The molecule has 0 fully saturated rings. The molecule has 2 rings (SSSR count). The first-order valence-corrected chi connectivity index (χ1v) is 6.17. The highest BCUT2D eigenvalue weighted by Crippen LogP contribution is 2.16. The van der Waals surface area contributed by atoms with E-state index in [2.05, 4.69) is 5.32 Å². The molecule has 3 heteroatoms. The molecule has 0 aliphatic heterocycles. The van der Waals surface area contributed by atoms with E-state index in [0.29, 0.717) is 12.1 Å². The van der Waals surface area contributed by atoms with Crippen LogP contribution in [0.25, 0.3) is 0 Å². The molecule has 0 aliphatic carbocycles. The summed E-state index contributed by atoms with van der Waals surface area (Å²) >= 11 is 0. The summed E-state index contributed by atoms with van der Waals surface area (Å²) in [6, 6.07) is 15.2. The van der Waals surface area contributed by atoms with E-state index < -0.39 is 0 Å². The Morgan fingerprint density at radius 1 is 1.11 bits per heavy atom. The summed E-state index contributed by atoms with van der Waals surface area (Å²) in [4.78, 5) is 12.0. The van der Waals surface area contributed by atoms with Gasteiger partial charge in [-0.15, -0.1) is 0 Å².